The summed E-state index contributed by atoms with van der Waals surface area (Å²) < 4.78 is 0. The maximum Gasteiger partial charge on any atom is 0.196 e. The molecule has 164 valence electrons. The molecule has 0 aliphatic heterocycles. The molecule has 0 unspecified atom stereocenters. The molecule has 0 radical (unpaired) electrons. The first-order valence-corrected chi connectivity index (χ1v) is 10.3. The Morgan fingerprint density at radius 1 is 0.471 bits per heavy atom. The normalized spacial score (nSPS) is 12.8. The number of carbonyl (C=O) groups excluding carboxylic acids is 2. The predicted molar refractivity (Wildman–Crippen MR) is 124 cm³/mol. The van der Waals surface area contributed by atoms with Gasteiger partial charge in [-0.1, -0.05) is 24.3 Å². The van der Waals surface area contributed by atoms with Crippen LogP contribution in [0.2, 0.25) is 0 Å². The van der Waals surface area contributed by atoms with Gasteiger partial charge >= 0.3 is 0 Å². The Bertz CT molecular complexity index is 1380. The topological polar surface area (TPSA) is 124 Å². The van der Waals surface area contributed by atoms with Gasteiger partial charge in [-0.2, -0.15) is 10.2 Å². The lowest BCUT2D eigenvalue weighted by Gasteiger charge is -2.19. The smallest absolute Gasteiger partial charge is 0.196 e. The van der Waals surface area contributed by atoms with E-state index < -0.39 is 0 Å². The van der Waals surface area contributed by atoms with Crippen molar-refractivity contribution < 1.29 is 19.8 Å². The number of phenols is 2. The summed E-state index contributed by atoms with van der Waals surface area (Å²) in [4.78, 5) is 26.8. The fraction of sp³-hybridized carbons (Fsp3) is 0. The number of phenolic OH excluding ortho intramolecular Hbond substituents is 2. The Balaban J connectivity index is 1.54. The fourth-order valence-electron chi connectivity index (χ4n) is 3.63. The summed E-state index contributed by atoms with van der Waals surface area (Å²) in [6.07, 6.45) is 0. The van der Waals surface area contributed by atoms with Crippen LogP contribution in [0.25, 0.3) is 0 Å². The Labute approximate surface area is 193 Å². The molecule has 2 N–H and O–H groups in total. The van der Waals surface area contributed by atoms with E-state index in [-0.39, 0.29) is 56.7 Å². The molecular weight excluding hydrogens is 432 g/mol. The number of carbonyl (C=O) groups is 2. The maximum absolute atomic E-state index is 13.4. The van der Waals surface area contributed by atoms with Gasteiger partial charge in [0, 0.05) is 11.1 Å². The van der Waals surface area contributed by atoms with Gasteiger partial charge in [0.05, 0.1) is 33.9 Å². The Hall–Kier alpha value is -4.98. The second kappa shape index (κ2) is 8.51. The van der Waals surface area contributed by atoms with E-state index in [9.17, 15) is 19.8 Å². The highest BCUT2D eigenvalue weighted by atomic mass is 16.3. The maximum atomic E-state index is 13.4. The number of azo groups is 2. The van der Waals surface area contributed by atoms with Gasteiger partial charge < -0.3 is 10.2 Å². The zero-order valence-electron chi connectivity index (χ0n) is 17.6. The molecule has 34 heavy (non-hydrogen) atoms. The Kier molecular flexibility index (Phi) is 5.23. The van der Waals surface area contributed by atoms with Crippen molar-refractivity contribution in [1.29, 1.82) is 0 Å². The van der Waals surface area contributed by atoms with Crippen LogP contribution in [0.3, 0.4) is 0 Å². The first-order chi connectivity index (χ1) is 16.5. The molecule has 0 spiro atoms. The predicted octanol–water partition coefficient (Wildman–Crippen LogP) is 6.70. The van der Waals surface area contributed by atoms with Crippen molar-refractivity contribution in [2.45, 2.75) is 0 Å². The third-order valence-electron chi connectivity index (χ3n) is 5.27. The van der Waals surface area contributed by atoms with Crippen molar-refractivity contribution in [2.24, 2.45) is 20.5 Å². The van der Waals surface area contributed by atoms with E-state index in [2.05, 4.69) is 20.5 Å². The van der Waals surface area contributed by atoms with Crippen molar-refractivity contribution in [3.63, 3.8) is 0 Å². The number of rotatable bonds is 4. The molecule has 0 saturated carbocycles. The number of benzene rings is 4. The first-order valence-electron chi connectivity index (χ1n) is 10.3. The molecule has 0 heterocycles. The van der Waals surface area contributed by atoms with E-state index in [4.69, 9.17) is 0 Å². The summed E-state index contributed by atoms with van der Waals surface area (Å²) in [7, 11) is 0. The Morgan fingerprint density at radius 3 is 1.24 bits per heavy atom. The first kappa shape index (κ1) is 20.9. The monoisotopic (exact) mass is 448 g/mol. The number of hydrogen-bond acceptors (Lipinski definition) is 8. The SMILES string of the molecule is O=C1c2cccc(N=Nc3ccc(O)cc3)c2C(=O)c2cccc(N=Nc3ccc(O)cc3)c21. The summed E-state index contributed by atoms with van der Waals surface area (Å²) in [6.45, 7) is 0. The summed E-state index contributed by atoms with van der Waals surface area (Å²) in [5, 5.41) is 35.5. The fourth-order valence-corrected chi connectivity index (χ4v) is 3.63. The zero-order valence-corrected chi connectivity index (χ0v) is 17.6. The molecule has 1 aliphatic carbocycles. The molecule has 0 fully saturated rings. The molecule has 1 aliphatic rings. The van der Waals surface area contributed by atoms with Gasteiger partial charge in [0.2, 0.25) is 0 Å². The summed E-state index contributed by atoms with van der Waals surface area (Å²) >= 11 is 0. The van der Waals surface area contributed by atoms with Gasteiger partial charge in [-0.3, -0.25) is 9.59 Å². The van der Waals surface area contributed by atoms with Gasteiger partial charge in [-0.05, 0) is 60.7 Å². The summed E-state index contributed by atoms with van der Waals surface area (Å²) in [5.41, 5.74) is 2.30. The highest BCUT2D eigenvalue weighted by Gasteiger charge is 2.33. The van der Waals surface area contributed by atoms with Crippen molar-refractivity contribution in [2.75, 3.05) is 0 Å². The van der Waals surface area contributed by atoms with Crippen LogP contribution in [-0.2, 0) is 0 Å². The molecule has 0 aromatic heterocycles. The van der Waals surface area contributed by atoms with Crippen LogP contribution in [0, 0.1) is 0 Å². The molecule has 0 amide bonds. The van der Waals surface area contributed by atoms with Gasteiger partial charge in [-0.15, -0.1) is 10.2 Å². The zero-order chi connectivity index (χ0) is 23.7. The molecule has 8 heteroatoms. The summed E-state index contributed by atoms with van der Waals surface area (Å²) in [6, 6.07) is 21.9. The lowest BCUT2D eigenvalue weighted by atomic mass is 9.82. The molecule has 0 saturated heterocycles. The summed E-state index contributed by atoms with van der Waals surface area (Å²) in [5.74, 6) is -0.503. The minimum absolute atomic E-state index is 0.104. The Morgan fingerprint density at radius 2 is 0.853 bits per heavy atom. The number of aromatic hydroxyl groups is 2. The number of hydrogen-bond donors (Lipinski definition) is 2. The molecule has 0 bridgehead atoms. The van der Waals surface area contributed by atoms with Gasteiger partial charge in [0.1, 0.15) is 11.5 Å². The van der Waals surface area contributed by atoms with Gasteiger partial charge in [-0.25, -0.2) is 0 Å². The second-order valence-electron chi connectivity index (χ2n) is 7.49. The quantitative estimate of drug-likeness (QED) is 0.297. The lowest BCUT2D eigenvalue weighted by molar-refractivity contribution is 0.0980. The van der Waals surface area contributed by atoms with Crippen LogP contribution >= 0.6 is 0 Å². The highest BCUT2D eigenvalue weighted by Crippen LogP contribution is 2.38. The molecule has 0 atom stereocenters. The van der Waals surface area contributed by atoms with Crippen molar-refractivity contribution in [3.8, 4) is 11.5 Å². The number of nitrogens with zero attached hydrogens (tertiary/aromatic N) is 4. The van der Waals surface area contributed by atoms with Crippen molar-refractivity contribution in [1.82, 2.24) is 0 Å². The van der Waals surface area contributed by atoms with E-state index in [1.165, 1.54) is 24.3 Å². The van der Waals surface area contributed by atoms with E-state index in [1.807, 2.05) is 0 Å². The van der Waals surface area contributed by atoms with Gasteiger partial charge in [0.25, 0.3) is 0 Å². The molecule has 4 aromatic carbocycles. The van der Waals surface area contributed by atoms with Crippen LogP contribution in [0.4, 0.5) is 22.7 Å². The van der Waals surface area contributed by atoms with Crippen LogP contribution in [-0.4, -0.2) is 21.8 Å². The van der Waals surface area contributed by atoms with E-state index in [1.54, 1.807) is 60.7 Å². The van der Waals surface area contributed by atoms with Crippen molar-refractivity contribution in [3.05, 3.63) is 107 Å². The van der Waals surface area contributed by atoms with Gasteiger partial charge in [0.15, 0.2) is 11.6 Å². The van der Waals surface area contributed by atoms with Crippen LogP contribution < -0.4 is 0 Å². The third kappa shape index (κ3) is 3.84. The average Bonchev–Trinajstić information content (AvgIpc) is 2.86. The second-order valence-corrected chi connectivity index (χ2v) is 7.49. The van der Waals surface area contributed by atoms with Crippen LogP contribution in [0.1, 0.15) is 31.8 Å². The average molecular weight is 448 g/mol. The standard InChI is InChI=1S/C26H16N4O4/c31-17-11-7-15(8-12-17)27-29-21-5-1-3-19-23(21)26(34)20-4-2-6-22(24(20)25(19)33)30-28-16-9-13-18(32)14-10-16/h1-14,31-32H. The minimum atomic E-state index is -0.355. The molecular formula is C26H16N4O4. The van der Waals surface area contributed by atoms with E-state index in [0.29, 0.717) is 11.4 Å². The molecule has 8 nitrogen and oxygen atoms in total. The van der Waals surface area contributed by atoms with Crippen LogP contribution in [0.5, 0.6) is 11.5 Å². The largest absolute Gasteiger partial charge is 0.508 e. The van der Waals surface area contributed by atoms with E-state index in [0.717, 1.165) is 0 Å². The number of fused-ring (bicyclic) bond motifs is 2. The highest BCUT2D eigenvalue weighted by molar-refractivity contribution is 6.31. The molecule has 5 rings (SSSR count). The lowest BCUT2D eigenvalue weighted by Crippen LogP contribution is -2.21. The van der Waals surface area contributed by atoms with Crippen LogP contribution in [0.15, 0.2) is 105 Å². The van der Waals surface area contributed by atoms with E-state index >= 15 is 0 Å². The minimum Gasteiger partial charge on any atom is -0.508 e. The number of ketones is 2. The molecule has 4 aromatic rings. The third-order valence-corrected chi connectivity index (χ3v) is 5.27. The van der Waals surface area contributed by atoms with Crippen molar-refractivity contribution >= 4 is 34.3 Å².